The first-order valence-electron chi connectivity index (χ1n) is 11.2. The van der Waals surface area contributed by atoms with E-state index < -0.39 is 29.4 Å². The number of fused-ring (bicyclic) bond motifs is 3. The first kappa shape index (κ1) is 24.8. The zero-order valence-corrected chi connectivity index (χ0v) is 19.7. The SMILES string of the molecule is CC#CCC(NC(=O)OCC1c2ccccc2-c2ccccc21)C(=O)NCC(C)(C)CC(=O)O. The Bertz CT molecular complexity index is 1080. The summed E-state index contributed by atoms with van der Waals surface area (Å²) in [4.78, 5) is 36.3. The average molecular weight is 463 g/mol. The van der Waals surface area contributed by atoms with E-state index in [-0.39, 0.29) is 31.9 Å². The lowest BCUT2D eigenvalue weighted by molar-refractivity contribution is -0.139. The molecule has 178 valence electrons. The van der Waals surface area contributed by atoms with E-state index in [0.717, 1.165) is 22.3 Å². The molecule has 1 atom stereocenters. The molecule has 34 heavy (non-hydrogen) atoms. The summed E-state index contributed by atoms with van der Waals surface area (Å²) < 4.78 is 5.54. The highest BCUT2D eigenvalue weighted by Crippen LogP contribution is 2.44. The zero-order valence-electron chi connectivity index (χ0n) is 19.7. The summed E-state index contributed by atoms with van der Waals surface area (Å²) in [6.45, 7) is 5.44. The third-order valence-electron chi connectivity index (χ3n) is 5.81. The molecule has 3 rings (SSSR count). The Morgan fingerprint density at radius 3 is 2.21 bits per heavy atom. The summed E-state index contributed by atoms with van der Waals surface area (Å²) >= 11 is 0. The van der Waals surface area contributed by atoms with Crippen molar-refractivity contribution in [2.24, 2.45) is 5.41 Å². The topological polar surface area (TPSA) is 105 Å². The van der Waals surface area contributed by atoms with Crippen molar-refractivity contribution >= 4 is 18.0 Å². The normalized spacial score (nSPS) is 13.0. The molecule has 0 spiro atoms. The predicted octanol–water partition coefficient (Wildman–Crippen LogP) is 3.92. The highest BCUT2D eigenvalue weighted by atomic mass is 16.5. The minimum absolute atomic E-state index is 0.0855. The largest absolute Gasteiger partial charge is 0.481 e. The number of carboxylic acid groups (broad SMARTS) is 1. The third kappa shape index (κ3) is 6.16. The van der Waals surface area contributed by atoms with Gasteiger partial charge in [0, 0.05) is 18.9 Å². The molecule has 0 fully saturated rings. The van der Waals surface area contributed by atoms with Crippen molar-refractivity contribution in [3.63, 3.8) is 0 Å². The maximum Gasteiger partial charge on any atom is 0.407 e. The molecule has 0 radical (unpaired) electrons. The van der Waals surface area contributed by atoms with Crippen LogP contribution >= 0.6 is 0 Å². The summed E-state index contributed by atoms with van der Waals surface area (Å²) in [5, 5.41) is 14.4. The molecule has 0 bridgehead atoms. The molecule has 0 heterocycles. The van der Waals surface area contributed by atoms with Gasteiger partial charge < -0.3 is 20.5 Å². The lowest BCUT2D eigenvalue weighted by atomic mass is 9.89. The van der Waals surface area contributed by atoms with Crippen LogP contribution in [0.3, 0.4) is 0 Å². The van der Waals surface area contributed by atoms with Gasteiger partial charge in [0.15, 0.2) is 0 Å². The highest BCUT2D eigenvalue weighted by molar-refractivity contribution is 5.86. The van der Waals surface area contributed by atoms with E-state index in [2.05, 4.69) is 34.6 Å². The van der Waals surface area contributed by atoms with Crippen molar-refractivity contribution in [3.05, 3.63) is 59.7 Å². The van der Waals surface area contributed by atoms with E-state index in [0.29, 0.717) is 0 Å². The van der Waals surface area contributed by atoms with Crippen LogP contribution in [0.5, 0.6) is 0 Å². The number of hydrogen-bond acceptors (Lipinski definition) is 4. The van der Waals surface area contributed by atoms with Gasteiger partial charge in [-0.15, -0.1) is 11.8 Å². The van der Waals surface area contributed by atoms with Gasteiger partial charge in [-0.3, -0.25) is 9.59 Å². The number of nitrogens with one attached hydrogen (secondary N) is 2. The number of ether oxygens (including phenoxy) is 1. The second kappa shape index (κ2) is 10.9. The number of hydrogen-bond donors (Lipinski definition) is 3. The Morgan fingerprint density at radius 2 is 1.65 bits per heavy atom. The van der Waals surface area contributed by atoms with Gasteiger partial charge in [0.2, 0.25) is 5.91 Å². The van der Waals surface area contributed by atoms with Gasteiger partial charge in [0.1, 0.15) is 12.6 Å². The lowest BCUT2D eigenvalue weighted by Gasteiger charge is -2.24. The first-order chi connectivity index (χ1) is 16.2. The van der Waals surface area contributed by atoms with Crippen LogP contribution in [0, 0.1) is 17.3 Å². The highest BCUT2D eigenvalue weighted by Gasteiger charge is 2.30. The molecule has 2 aromatic rings. The maximum atomic E-state index is 12.7. The average Bonchev–Trinajstić information content (AvgIpc) is 3.12. The summed E-state index contributed by atoms with van der Waals surface area (Å²) in [7, 11) is 0. The summed E-state index contributed by atoms with van der Waals surface area (Å²) in [6.07, 6.45) is -0.678. The zero-order chi connectivity index (χ0) is 24.7. The number of alkyl carbamates (subject to hydrolysis) is 1. The summed E-state index contributed by atoms with van der Waals surface area (Å²) in [5.41, 5.74) is 3.83. The molecule has 0 saturated heterocycles. The van der Waals surface area contributed by atoms with Gasteiger partial charge >= 0.3 is 12.1 Å². The molecule has 0 aliphatic heterocycles. The van der Waals surface area contributed by atoms with Crippen LogP contribution < -0.4 is 10.6 Å². The van der Waals surface area contributed by atoms with E-state index >= 15 is 0 Å². The van der Waals surface area contributed by atoms with Crippen molar-refractivity contribution in [3.8, 4) is 23.0 Å². The number of carbonyl (C=O) groups excluding carboxylic acids is 2. The van der Waals surface area contributed by atoms with E-state index in [1.54, 1.807) is 20.8 Å². The van der Waals surface area contributed by atoms with Crippen LogP contribution in [0.15, 0.2) is 48.5 Å². The van der Waals surface area contributed by atoms with Gasteiger partial charge in [-0.1, -0.05) is 62.4 Å². The second-order valence-electron chi connectivity index (χ2n) is 9.11. The molecule has 0 saturated carbocycles. The minimum atomic E-state index is -0.940. The minimum Gasteiger partial charge on any atom is -0.481 e. The van der Waals surface area contributed by atoms with Gasteiger partial charge in [0.05, 0.1) is 6.42 Å². The Balaban J connectivity index is 1.62. The molecule has 7 nitrogen and oxygen atoms in total. The molecule has 1 unspecified atom stereocenters. The maximum absolute atomic E-state index is 12.7. The second-order valence-corrected chi connectivity index (χ2v) is 9.11. The number of carbonyl (C=O) groups is 3. The quantitative estimate of drug-likeness (QED) is 0.490. The summed E-state index contributed by atoms with van der Waals surface area (Å²) in [6, 6.07) is 15.2. The Morgan fingerprint density at radius 1 is 1.06 bits per heavy atom. The number of aliphatic carboxylic acids is 1. The molecular formula is C27H30N2O5. The van der Waals surface area contributed by atoms with Gasteiger partial charge in [-0.05, 0) is 34.6 Å². The number of benzene rings is 2. The molecule has 2 aromatic carbocycles. The van der Waals surface area contributed by atoms with Crippen LogP contribution in [-0.4, -0.2) is 42.3 Å². The molecule has 7 heteroatoms. The number of carboxylic acids is 1. The first-order valence-corrected chi connectivity index (χ1v) is 11.2. The van der Waals surface area contributed by atoms with Crippen molar-refractivity contribution < 1.29 is 24.2 Å². The molecule has 1 aliphatic carbocycles. The van der Waals surface area contributed by atoms with Gasteiger partial charge in [0.25, 0.3) is 0 Å². The van der Waals surface area contributed by atoms with Crippen LogP contribution in [0.2, 0.25) is 0 Å². The van der Waals surface area contributed by atoms with Crippen molar-refractivity contribution in [1.82, 2.24) is 10.6 Å². The van der Waals surface area contributed by atoms with Crippen LogP contribution in [0.1, 0.15) is 50.7 Å². The van der Waals surface area contributed by atoms with Crippen LogP contribution in [0.4, 0.5) is 4.79 Å². The van der Waals surface area contributed by atoms with Crippen LogP contribution in [0.25, 0.3) is 11.1 Å². The summed E-state index contributed by atoms with van der Waals surface area (Å²) in [5.74, 6) is 4.07. The Labute approximate surface area is 199 Å². The van der Waals surface area contributed by atoms with Gasteiger partial charge in [-0.2, -0.15) is 0 Å². The molecule has 1 aliphatic rings. The molecular weight excluding hydrogens is 432 g/mol. The smallest absolute Gasteiger partial charge is 0.407 e. The molecule has 0 aromatic heterocycles. The van der Waals surface area contributed by atoms with E-state index in [9.17, 15) is 14.4 Å². The number of amides is 2. The lowest BCUT2D eigenvalue weighted by Crippen LogP contribution is -2.49. The van der Waals surface area contributed by atoms with E-state index in [4.69, 9.17) is 9.84 Å². The van der Waals surface area contributed by atoms with Crippen molar-refractivity contribution in [2.75, 3.05) is 13.2 Å². The fourth-order valence-corrected chi connectivity index (χ4v) is 4.12. The Hall–Kier alpha value is -3.79. The third-order valence-corrected chi connectivity index (χ3v) is 5.81. The van der Waals surface area contributed by atoms with Crippen molar-refractivity contribution in [1.29, 1.82) is 0 Å². The van der Waals surface area contributed by atoms with Crippen molar-refractivity contribution in [2.45, 2.75) is 45.6 Å². The monoisotopic (exact) mass is 462 g/mol. The van der Waals surface area contributed by atoms with Gasteiger partial charge in [-0.25, -0.2) is 4.79 Å². The fourth-order valence-electron chi connectivity index (χ4n) is 4.12. The molecule has 2 amide bonds. The molecule has 3 N–H and O–H groups in total. The standard InChI is InChI=1S/C27H30N2O5/c1-4-5-14-23(25(32)28-17-27(2,3)15-24(30)31)29-26(33)34-16-22-20-12-8-6-10-18(20)19-11-7-9-13-21(19)22/h6-13,22-23H,14-17H2,1-3H3,(H,28,32)(H,29,33)(H,30,31). The number of rotatable bonds is 9. The van der Waals surface area contributed by atoms with Crippen LogP contribution in [-0.2, 0) is 14.3 Å². The Kier molecular flexibility index (Phi) is 7.95. The van der Waals surface area contributed by atoms with E-state index in [1.165, 1.54) is 0 Å². The predicted molar refractivity (Wildman–Crippen MR) is 129 cm³/mol. The fraction of sp³-hybridized carbons (Fsp3) is 0.370. The van der Waals surface area contributed by atoms with E-state index in [1.807, 2.05) is 36.4 Å².